The largest absolute Gasteiger partial charge is 0.243 e. The normalized spacial score (nSPS) is 27.5. The smallest absolute Gasteiger partial charge is 0.212 e. The second kappa shape index (κ2) is 5.84. The molecule has 2 aliphatic rings. The third-order valence-electron chi connectivity index (χ3n) is 4.83. The summed E-state index contributed by atoms with van der Waals surface area (Å²) in [5, 5.41) is 0. The van der Waals surface area contributed by atoms with Crippen LogP contribution >= 0.6 is 0 Å². The van der Waals surface area contributed by atoms with Gasteiger partial charge in [0.2, 0.25) is 20.0 Å². The fourth-order valence-electron chi connectivity index (χ4n) is 3.86. The van der Waals surface area contributed by atoms with Gasteiger partial charge in [-0.15, -0.1) is 0 Å². The Labute approximate surface area is 138 Å². The lowest BCUT2D eigenvalue weighted by atomic mass is 9.89. The molecule has 6 nitrogen and oxygen atoms in total. The van der Waals surface area contributed by atoms with Crippen LogP contribution in [-0.2, 0) is 20.0 Å². The van der Waals surface area contributed by atoms with Crippen molar-refractivity contribution in [3.63, 3.8) is 0 Å². The Balaban J connectivity index is 1.93. The molecular weight excluding hydrogens is 336 g/mol. The first-order valence-corrected chi connectivity index (χ1v) is 11.1. The van der Waals surface area contributed by atoms with E-state index in [1.807, 2.05) is 0 Å². The lowest BCUT2D eigenvalue weighted by Gasteiger charge is -2.44. The molecule has 8 heteroatoms. The van der Waals surface area contributed by atoms with Crippen molar-refractivity contribution in [3.05, 3.63) is 30.3 Å². The fraction of sp³-hybridized carbons (Fsp3) is 0.600. The van der Waals surface area contributed by atoms with Crippen LogP contribution in [0.1, 0.15) is 25.7 Å². The van der Waals surface area contributed by atoms with Crippen LogP contribution in [-0.4, -0.2) is 56.9 Å². The van der Waals surface area contributed by atoms with Crippen molar-refractivity contribution in [1.29, 1.82) is 0 Å². The van der Waals surface area contributed by atoms with Crippen LogP contribution < -0.4 is 0 Å². The van der Waals surface area contributed by atoms with E-state index in [9.17, 15) is 16.8 Å². The maximum Gasteiger partial charge on any atom is 0.243 e. The highest BCUT2D eigenvalue weighted by Gasteiger charge is 2.49. The predicted molar refractivity (Wildman–Crippen MR) is 87.9 cm³/mol. The van der Waals surface area contributed by atoms with Gasteiger partial charge in [-0.25, -0.2) is 16.8 Å². The minimum Gasteiger partial charge on any atom is -0.212 e. The van der Waals surface area contributed by atoms with Crippen LogP contribution in [0.25, 0.3) is 0 Å². The van der Waals surface area contributed by atoms with E-state index in [-0.39, 0.29) is 11.4 Å². The van der Waals surface area contributed by atoms with Crippen LogP contribution in [0.15, 0.2) is 35.2 Å². The van der Waals surface area contributed by atoms with Gasteiger partial charge in [-0.3, -0.25) is 0 Å². The Bertz CT molecular complexity index is 777. The van der Waals surface area contributed by atoms with Crippen molar-refractivity contribution in [2.45, 2.75) is 36.1 Å². The van der Waals surface area contributed by atoms with Crippen molar-refractivity contribution >= 4 is 20.0 Å². The molecular formula is C15H22N2O4S2. The molecule has 0 saturated carbocycles. The maximum atomic E-state index is 12.8. The summed E-state index contributed by atoms with van der Waals surface area (Å²) in [5.41, 5.74) is -0.576. The molecule has 128 valence electrons. The van der Waals surface area contributed by atoms with Crippen LogP contribution in [0.4, 0.5) is 0 Å². The molecule has 2 aliphatic heterocycles. The monoisotopic (exact) mass is 358 g/mol. The Morgan fingerprint density at radius 2 is 1.57 bits per heavy atom. The summed E-state index contributed by atoms with van der Waals surface area (Å²) in [7, 11) is -6.91. The average molecular weight is 358 g/mol. The van der Waals surface area contributed by atoms with Gasteiger partial charge in [0.25, 0.3) is 0 Å². The zero-order valence-corrected chi connectivity index (χ0v) is 14.8. The second-order valence-electron chi connectivity index (χ2n) is 6.42. The number of rotatable bonds is 3. The van der Waals surface area contributed by atoms with Crippen molar-refractivity contribution < 1.29 is 16.8 Å². The van der Waals surface area contributed by atoms with Crippen LogP contribution in [0.3, 0.4) is 0 Å². The lowest BCUT2D eigenvalue weighted by Crippen LogP contribution is -2.58. The molecule has 1 spiro atoms. The molecule has 2 saturated heterocycles. The Hall–Kier alpha value is -0.960. The molecule has 0 radical (unpaired) electrons. The van der Waals surface area contributed by atoms with E-state index in [4.69, 9.17) is 0 Å². The third kappa shape index (κ3) is 3.05. The molecule has 0 aromatic heterocycles. The minimum atomic E-state index is -3.58. The summed E-state index contributed by atoms with van der Waals surface area (Å²) >= 11 is 0. The molecule has 1 aromatic rings. The van der Waals surface area contributed by atoms with Gasteiger partial charge < -0.3 is 0 Å². The van der Waals surface area contributed by atoms with Crippen molar-refractivity contribution in [1.82, 2.24) is 8.61 Å². The van der Waals surface area contributed by atoms with Gasteiger partial charge >= 0.3 is 0 Å². The average Bonchev–Trinajstić information content (AvgIpc) is 2.91. The molecule has 2 fully saturated rings. The lowest BCUT2D eigenvalue weighted by molar-refractivity contribution is 0.138. The van der Waals surface area contributed by atoms with Crippen LogP contribution in [0, 0.1) is 0 Å². The summed E-state index contributed by atoms with van der Waals surface area (Å²) < 4.78 is 52.8. The molecule has 1 atom stereocenters. The number of sulfonamides is 2. The zero-order chi connectivity index (χ0) is 16.7. The van der Waals surface area contributed by atoms with Gasteiger partial charge in [0.15, 0.2) is 0 Å². The second-order valence-corrected chi connectivity index (χ2v) is 10.3. The first-order valence-electron chi connectivity index (χ1n) is 7.79. The molecule has 0 N–H and O–H groups in total. The van der Waals surface area contributed by atoms with Crippen molar-refractivity contribution in [2.75, 3.05) is 25.9 Å². The van der Waals surface area contributed by atoms with Crippen LogP contribution in [0.2, 0.25) is 0 Å². The summed E-state index contributed by atoms with van der Waals surface area (Å²) in [6.07, 6.45) is 4.12. The Kier molecular flexibility index (Phi) is 4.29. The summed E-state index contributed by atoms with van der Waals surface area (Å²) in [4.78, 5) is 0.265. The highest BCUT2D eigenvalue weighted by atomic mass is 32.2. The molecule has 3 rings (SSSR count). The van der Waals surface area contributed by atoms with E-state index in [0.29, 0.717) is 19.5 Å². The van der Waals surface area contributed by atoms with Gasteiger partial charge in [-0.1, -0.05) is 18.2 Å². The molecule has 2 heterocycles. The number of hydrogen-bond donors (Lipinski definition) is 0. The van der Waals surface area contributed by atoms with E-state index in [1.165, 1.54) is 14.9 Å². The summed E-state index contributed by atoms with van der Waals surface area (Å²) in [6.45, 7) is 1.17. The SMILES string of the molecule is CS(=O)(=O)N1CCC[C@]12CCCN(S(=O)(=O)c1ccccc1)C2. The van der Waals surface area contributed by atoms with E-state index >= 15 is 0 Å². The number of nitrogens with zero attached hydrogens (tertiary/aromatic N) is 2. The number of piperidine rings is 1. The molecule has 0 amide bonds. The molecule has 0 unspecified atom stereocenters. The quantitative estimate of drug-likeness (QED) is 0.815. The zero-order valence-electron chi connectivity index (χ0n) is 13.2. The summed E-state index contributed by atoms with van der Waals surface area (Å²) in [6, 6.07) is 8.34. The number of benzene rings is 1. The van der Waals surface area contributed by atoms with Crippen molar-refractivity contribution in [2.24, 2.45) is 0 Å². The first-order chi connectivity index (χ1) is 10.8. The molecule has 1 aromatic carbocycles. The standard InChI is InChI=1S/C15H22N2O4S2/c1-22(18,19)17-12-6-10-15(17)9-5-11-16(13-15)23(20,21)14-7-3-2-4-8-14/h2-4,7-8H,5-6,9-13H2,1H3/t15-/m0/s1. The van der Waals surface area contributed by atoms with E-state index < -0.39 is 25.6 Å². The van der Waals surface area contributed by atoms with E-state index in [0.717, 1.165) is 19.3 Å². The predicted octanol–water partition coefficient (Wildman–Crippen LogP) is 1.27. The Morgan fingerprint density at radius 1 is 0.957 bits per heavy atom. The van der Waals surface area contributed by atoms with E-state index in [1.54, 1.807) is 30.3 Å². The topological polar surface area (TPSA) is 74.8 Å². The van der Waals surface area contributed by atoms with Gasteiger partial charge in [0.1, 0.15) is 0 Å². The maximum absolute atomic E-state index is 12.8. The van der Waals surface area contributed by atoms with Crippen LogP contribution in [0.5, 0.6) is 0 Å². The molecule has 23 heavy (non-hydrogen) atoms. The minimum absolute atomic E-state index is 0.247. The molecule has 0 bridgehead atoms. The highest BCUT2D eigenvalue weighted by Crippen LogP contribution is 2.40. The summed E-state index contributed by atoms with van der Waals surface area (Å²) in [5.74, 6) is 0. The number of hydrogen-bond acceptors (Lipinski definition) is 4. The third-order valence-corrected chi connectivity index (χ3v) is 8.06. The Morgan fingerprint density at radius 3 is 2.17 bits per heavy atom. The van der Waals surface area contributed by atoms with Gasteiger partial charge in [0.05, 0.1) is 11.2 Å². The van der Waals surface area contributed by atoms with Gasteiger partial charge in [-0.2, -0.15) is 8.61 Å². The highest BCUT2D eigenvalue weighted by molar-refractivity contribution is 7.89. The fourth-order valence-corrected chi connectivity index (χ4v) is 6.84. The van der Waals surface area contributed by atoms with Gasteiger partial charge in [-0.05, 0) is 37.8 Å². The van der Waals surface area contributed by atoms with Gasteiger partial charge in [0, 0.05) is 25.2 Å². The van der Waals surface area contributed by atoms with E-state index in [2.05, 4.69) is 0 Å². The van der Waals surface area contributed by atoms with Crippen molar-refractivity contribution in [3.8, 4) is 0 Å². The molecule has 0 aliphatic carbocycles. The first kappa shape index (κ1) is 16.9.